The van der Waals surface area contributed by atoms with Gasteiger partial charge >= 0.3 is 0 Å². The van der Waals surface area contributed by atoms with E-state index in [0.29, 0.717) is 5.76 Å². The lowest BCUT2D eigenvalue weighted by Crippen LogP contribution is -2.44. The maximum atomic E-state index is 5.44. The van der Waals surface area contributed by atoms with Gasteiger partial charge in [-0.1, -0.05) is 6.58 Å². The first-order chi connectivity index (χ1) is 6.76. The molecular weight excluding hydrogens is 184 g/mol. The van der Waals surface area contributed by atoms with Crippen molar-refractivity contribution in [1.29, 1.82) is 0 Å². The molecule has 1 rings (SSSR count). The standard InChI is InChI=1S/C10H16O4/c1-5-7-6-8(11-2)9(12-3)10(13-4)14-7/h5-6,8-10H,1H2,2-4H3/t8-,9+,10-/m0/s1. The molecule has 1 heterocycles. The zero-order valence-electron chi connectivity index (χ0n) is 8.73. The van der Waals surface area contributed by atoms with Gasteiger partial charge in [0.1, 0.15) is 18.0 Å². The average Bonchev–Trinajstić information content (AvgIpc) is 2.26. The Bertz CT molecular complexity index is 224. The molecule has 0 N–H and O–H groups in total. The maximum Gasteiger partial charge on any atom is 0.229 e. The van der Waals surface area contributed by atoms with Crippen molar-refractivity contribution in [2.75, 3.05) is 21.3 Å². The summed E-state index contributed by atoms with van der Waals surface area (Å²) in [6.07, 6.45) is 2.55. The van der Waals surface area contributed by atoms with Gasteiger partial charge in [-0.15, -0.1) is 0 Å². The van der Waals surface area contributed by atoms with Gasteiger partial charge in [0.25, 0.3) is 0 Å². The van der Waals surface area contributed by atoms with E-state index in [-0.39, 0.29) is 12.2 Å². The van der Waals surface area contributed by atoms with E-state index in [9.17, 15) is 0 Å². The predicted molar refractivity (Wildman–Crippen MR) is 51.8 cm³/mol. The molecule has 3 atom stereocenters. The summed E-state index contributed by atoms with van der Waals surface area (Å²) in [5.74, 6) is 0.650. The largest absolute Gasteiger partial charge is 0.462 e. The van der Waals surface area contributed by atoms with Crippen LogP contribution in [0, 0.1) is 0 Å². The number of allylic oxidation sites excluding steroid dienone is 1. The molecule has 80 valence electrons. The highest BCUT2D eigenvalue weighted by atomic mass is 16.7. The second kappa shape index (κ2) is 5.14. The van der Waals surface area contributed by atoms with E-state index < -0.39 is 6.29 Å². The predicted octanol–water partition coefficient (Wildman–Crippen LogP) is 1.09. The Hall–Kier alpha value is -0.840. The van der Waals surface area contributed by atoms with Crippen molar-refractivity contribution in [2.24, 2.45) is 0 Å². The molecule has 14 heavy (non-hydrogen) atoms. The fourth-order valence-electron chi connectivity index (χ4n) is 1.40. The maximum absolute atomic E-state index is 5.44. The van der Waals surface area contributed by atoms with E-state index in [1.165, 1.54) is 0 Å². The molecule has 0 radical (unpaired) electrons. The number of hydrogen-bond acceptors (Lipinski definition) is 4. The van der Waals surface area contributed by atoms with Crippen molar-refractivity contribution in [3.05, 3.63) is 24.5 Å². The van der Waals surface area contributed by atoms with E-state index in [2.05, 4.69) is 6.58 Å². The molecule has 0 saturated heterocycles. The van der Waals surface area contributed by atoms with E-state index in [1.54, 1.807) is 27.4 Å². The van der Waals surface area contributed by atoms with Gasteiger partial charge in [-0.05, 0) is 12.2 Å². The van der Waals surface area contributed by atoms with Crippen molar-refractivity contribution < 1.29 is 18.9 Å². The number of rotatable bonds is 4. The second-order valence-corrected chi connectivity index (χ2v) is 2.90. The SMILES string of the molecule is C=CC1=C[C@H](OC)[C@@H](OC)[C@@H](OC)O1. The van der Waals surface area contributed by atoms with Gasteiger partial charge in [-0.25, -0.2) is 0 Å². The van der Waals surface area contributed by atoms with E-state index >= 15 is 0 Å². The molecule has 0 aromatic carbocycles. The van der Waals surface area contributed by atoms with Crippen molar-refractivity contribution >= 4 is 0 Å². The highest BCUT2D eigenvalue weighted by Crippen LogP contribution is 2.22. The third-order valence-electron chi connectivity index (χ3n) is 2.15. The minimum absolute atomic E-state index is 0.174. The monoisotopic (exact) mass is 200 g/mol. The van der Waals surface area contributed by atoms with E-state index in [4.69, 9.17) is 18.9 Å². The van der Waals surface area contributed by atoms with Crippen LogP contribution in [0.2, 0.25) is 0 Å². The molecule has 1 aliphatic heterocycles. The smallest absolute Gasteiger partial charge is 0.229 e. The summed E-state index contributed by atoms with van der Waals surface area (Å²) in [5, 5.41) is 0. The summed E-state index contributed by atoms with van der Waals surface area (Å²) in [4.78, 5) is 0. The Balaban J connectivity index is 2.83. The summed E-state index contributed by atoms with van der Waals surface area (Å²) in [6, 6.07) is 0. The van der Waals surface area contributed by atoms with Gasteiger partial charge in [-0.2, -0.15) is 0 Å². The van der Waals surface area contributed by atoms with Crippen molar-refractivity contribution in [1.82, 2.24) is 0 Å². The highest BCUT2D eigenvalue weighted by molar-refractivity contribution is 5.15. The fraction of sp³-hybridized carbons (Fsp3) is 0.600. The second-order valence-electron chi connectivity index (χ2n) is 2.90. The molecule has 0 spiro atoms. The highest BCUT2D eigenvalue weighted by Gasteiger charge is 2.34. The van der Waals surface area contributed by atoms with Gasteiger partial charge in [0, 0.05) is 21.3 Å². The summed E-state index contributed by atoms with van der Waals surface area (Å²) < 4.78 is 21.1. The lowest BCUT2D eigenvalue weighted by molar-refractivity contribution is -0.201. The molecular formula is C10H16O4. The molecule has 0 unspecified atom stereocenters. The Morgan fingerprint density at radius 3 is 2.43 bits per heavy atom. The van der Waals surface area contributed by atoms with E-state index in [1.807, 2.05) is 6.08 Å². The molecule has 0 saturated carbocycles. The molecule has 0 aromatic heterocycles. The Morgan fingerprint density at radius 1 is 1.29 bits per heavy atom. The minimum atomic E-state index is -0.456. The van der Waals surface area contributed by atoms with Crippen LogP contribution in [-0.4, -0.2) is 39.8 Å². The Morgan fingerprint density at radius 2 is 2.00 bits per heavy atom. The topological polar surface area (TPSA) is 36.9 Å². The van der Waals surface area contributed by atoms with Crippen molar-refractivity contribution in [3.63, 3.8) is 0 Å². The lowest BCUT2D eigenvalue weighted by Gasteiger charge is -2.33. The lowest BCUT2D eigenvalue weighted by atomic mass is 10.1. The Labute approximate surface area is 84.1 Å². The van der Waals surface area contributed by atoms with Gasteiger partial charge in [-0.3, -0.25) is 0 Å². The number of ether oxygens (including phenoxy) is 4. The molecule has 0 amide bonds. The summed E-state index contributed by atoms with van der Waals surface area (Å²) in [7, 11) is 4.78. The molecule has 1 aliphatic rings. The third-order valence-corrected chi connectivity index (χ3v) is 2.15. The van der Waals surface area contributed by atoms with Gasteiger partial charge in [0.05, 0.1) is 0 Å². The van der Waals surface area contributed by atoms with Crippen LogP contribution < -0.4 is 0 Å². The van der Waals surface area contributed by atoms with Crippen molar-refractivity contribution in [3.8, 4) is 0 Å². The summed E-state index contributed by atoms with van der Waals surface area (Å²) in [6.45, 7) is 3.63. The summed E-state index contributed by atoms with van der Waals surface area (Å²) >= 11 is 0. The quantitative estimate of drug-likeness (QED) is 0.680. The third kappa shape index (κ3) is 2.15. The molecule has 0 bridgehead atoms. The van der Waals surface area contributed by atoms with Crippen LogP contribution in [0.3, 0.4) is 0 Å². The summed E-state index contributed by atoms with van der Waals surface area (Å²) in [5.41, 5.74) is 0. The molecule has 4 nitrogen and oxygen atoms in total. The fourth-order valence-corrected chi connectivity index (χ4v) is 1.40. The van der Waals surface area contributed by atoms with Crippen LogP contribution in [0.1, 0.15) is 0 Å². The van der Waals surface area contributed by atoms with Gasteiger partial charge in [0.15, 0.2) is 0 Å². The minimum Gasteiger partial charge on any atom is -0.462 e. The average molecular weight is 200 g/mol. The van der Waals surface area contributed by atoms with E-state index in [0.717, 1.165) is 0 Å². The molecule has 0 aromatic rings. The molecule has 4 heteroatoms. The molecule has 0 fully saturated rings. The first-order valence-electron chi connectivity index (χ1n) is 4.36. The first kappa shape index (κ1) is 11.2. The van der Waals surface area contributed by atoms with Crippen LogP contribution in [0.5, 0.6) is 0 Å². The van der Waals surface area contributed by atoms with Gasteiger partial charge in [0.2, 0.25) is 6.29 Å². The van der Waals surface area contributed by atoms with Crippen LogP contribution in [0.15, 0.2) is 24.5 Å². The Kier molecular flexibility index (Phi) is 4.13. The van der Waals surface area contributed by atoms with Crippen LogP contribution >= 0.6 is 0 Å². The number of methoxy groups -OCH3 is 3. The molecule has 0 aliphatic carbocycles. The van der Waals surface area contributed by atoms with Gasteiger partial charge < -0.3 is 18.9 Å². The zero-order valence-corrected chi connectivity index (χ0v) is 8.73. The van der Waals surface area contributed by atoms with Crippen LogP contribution in [0.25, 0.3) is 0 Å². The zero-order chi connectivity index (χ0) is 10.6. The normalized spacial score (nSPS) is 31.9. The first-order valence-corrected chi connectivity index (χ1v) is 4.36. The van der Waals surface area contributed by atoms with Crippen LogP contribution in [0.4, 0.5) is 0 Å². The van der Waals surface area contributed by atoms with Crippen LogP contribution in [-0.2, 0) is 18.9 Å². The number of hydrogen-bond donors (Lipinski definition) is 0. The van der Waals surface area contributed by atoms with Crippen molar-refractivity contribution in [2.45, 2.75) is 18.5 Å².